The number of anilines is 2. The van der Waals surface area contributed by atoms with Crippen LogP contribution in [0.2, 0.25) is 0 Å². The van der Waals surface area contributed by atoms with Gasteiger partial charge in [0.2, 0.25) is 0 Å². The number of para-hydroxylation sites is 1. The van der Waals surface area contributed by atoms with Gasteiger partial charge in [-0.25, -0.2) is 17.2 Å². The number of rotatable bonds is 4. The summed E-state index contributed by atoms with van der Waals surface area (Å²) in [5.74, 6) is -0.947. The van der Waals surface area contributed by atoms with Gasteiger partial charge in [0.15, 0.2) is 9.84 Å². The Kier molecular flexibility index (Phi) is 5.90. The average Bonchev–Trinajstić information content (AvgIpc) is 2.94. The topological polar surface area (TPSA) is 87.7 Å². The molecule has 0 aromatic heterocycles. The van der Waals surface area contributed by atoms with Gasteiger partial charge in [-0.2, -0.15) is 0 Å². The Labute approximate surface area is 208 Å². The highest BCUT2D eigenvalue weighted by atomic mass is 32.2. The molecule has 188 valence electrons. The summed E-state index contributed by atoms with van der Waals surface area (Å²) < 4.78 is 61.6. The number of fused-ring (bicyclic) bond motifs is 1. The van der Waals surface area contributed by atoms with Crippen LogP contribution in [0.4, 0.5) is 20.2 Å². The lowest BCUT2D eigenvalue weighted by atomic mass is 9.88. The summed E-state index contributed by atoms with van der Waals surface area (Å²) in [6.45, 7) is 3.77. The van der Waals surface area contributed by atoms with Crippen molar-refractivity contribution in [1.82, 2.24) is 0 Å². The SMILES string of the molecule is CC1(C)CC2=C(C(c3ccc(OCc4cccc(F)c4)cc3F)Nc3cccc(O)c3N2)S(=O)(=O)C1. The average molecular weight is 513 g/mol. The molecule has 3 N–H and O–H groups in total. The van der Waals surface area contributed by atoms with Gasteiger partial charge < -0.3 is 20.5 Å². The minimum Gasteiger partial charge on any atom is -0.506 e. The molecule has 0 fully saturated rings. The zero-order valence-corrected chi connectivity index (χ0v) is 20.6. The smallest absolute Gasteiger partial charge is 0.179 e. The number of nitrogens with one attached hydrogen (secondary N) is 2. The third kappa shape index (κ3) is 4.63. The number of hydrogen-bond donors (Lipinski definition) is 3. The van der Waals surface area contributed by atoms with Crippen molar-refractivity contribution in [2.45, 2.75) is 32.9 Å². The van der Waals surface area contributed by atoms with Crippen LogP contribution < -0.4 is 15.4 Å². The monoisotopic (exact) mass is 512 g/mol. The second-order valence-electron chi connectivity index (χ2n) is 9.95. The lowest BCUT2D eigenvalue weighted by Gasteiger charge is -2.34. The molecule has 9 heteroatoms. The van der Waals surface area contributed by atoms with E-state index >= 15 is 4.39 Å². The van der Waals surface area contributed by atoms with Crippen molar-refractivity contribution < 1.29 is 27.0 Å². The van der Waals surface area contributed by atoms with Crippen LogP contribution in [0.1, 0.15) is 37.4 Å². The largest absolute Gasteiger partial charge is 0.506 e. The summed E-state index contributed by atoms with van der Waals surface area (Å²) >= 11 is 0. The predicted molar refractivity (Wildman–Crippen MR) is 134 cm³/mol. The number of sulfone groups is 1. The van der Waals surface area contributed by atoms with Crippen molar-refractivity contribution in [3.63, 3.8) is 0 Å². The molecule has 0 spiro atoms. The Morgan fingerprint density at radius 1 is 1.08 bits per heavy atom. The Balaban J connectivity index is 1.55. The van der Waals surface area contributed by atoms with E-state index in [1.165, 1.54) is 30.3 Å². The third-order valence-corrected chi connectivity index (χ3v) is 8.64. The van der Waals surface area contributed by atoms with Gasteiger partial charge in [-0.05, 0) is 53.8 Å². The van der Waals surface area contributed by atoms with Crippen LogP contribution in [-0.2, 0) is 16.4 Å². The summed E-state index contributed by atoms with van der Waals surface area (Å²) in [5.41, 5.74) is 1.40. The van der Waals surface area contributed by atoms with Crippen LogP contribution >= 0.6 is 0 Å². The van der Waals surface area contributed by atoms with Gasteiger partial charge in [0.1, 0.15) is 35.4 Å². The molecule has 0 amide bonds. The summed E-state index contributed by atoms with van der Waals surface area (Å²) in [6, 6.07) is 14.0. The molecule has 2 aliphatic heterocycles. The van der Waals surface area contributed by atoms with Crippen LogP contribution in [0, 0.1) is 17.0 Å². The van der Waals surface area contributed by atoms with E-state index in [4.69, 9.17) is 4.74 Å². The van der Waals surface area contributed by atoms with E-state index < -0.39 is 32.9 Å². The van der Waals surface area contributed by atoms with E-state index in [2.05, 4.69) is 10.6 Å². The number of aromatic hydroxyl groups is 1. The lowest BCUT2D eigenvalue weighted by Crippen LogP contribution is -2.35. The fourth-order valence-corrected chi connectivity index (χ4v) is 7.19. The molecule has 36 heavy (non-hydrogen) atoms. The van der Waals surface area contributed by atoms with Crippen LogP contribution in [-0.4, -0.2) is 19.3 Å². The van der Waals surface area contributed by atoms with Gasteiger partial charge in [0, 0.05) is 17.3 Å². The van der Waals surface area contributed by atoms with Crippen LogP contribution in [0.5, 0.6) is 11.5 Å². The minimum absolute atomic E-state index is 0.0464. The molecule has 3 aromatic rings. The molecule has 0 saturated carbocycles. The molecule has 5 rings (SSSR count). The molecule has 0 aliphatic carbocycles. The molecule has 1 unspecified atom stereocenters. The summed E-state index contributed by atoms with van der Waals surface area (Å²) in [6.07, 6.45) is 0.407. The number of halogens is 2. The summed E-state index contributed by atoms with van der Waals surface area (Å²) in [4.78, 5) is 0.0600. The summed E-state index contributed by atoms with van der Waals surface area (Å²) in [5, 5.41) is 16.7. The van der Waals surface area contributed by atoms with Crippen LogP contribution in [0.25, 0.3) is 0 Å². The van der Waals surface area contributed by atoms with Crippen LogP contribution in [0.3, 0.4) is 0 Å². The van der Waals surface area contributed by atoms with Crippen molar-refractivity contribution in [2.24, 2.45) is 5.41 Å². The standard InChI is InChI=1S/C27H26F2N2O4S/c1-27(2)13-22-26(36(33,34)15-27)24(30-21-7-4-8-23(32)25(21)31-22)19-10-9-18(12-20(19)29)35-14-16-5-3-6-17(28)11-16/h3-12,24,30-32H,13-15H2,1-2H3. The molecule has 6 nitrogen and oxygen atoms in total. The zero-order chi connectivity index (χ0) is 25.7. The maximum atomic E-state index is 15.5. The summed E-state index contributed by atoms with van der Waals surface area (Å²) in [7, 11) is -3.78. The second-order valence-corrected chi connectivity index (χ2v) is 11.9. The van der Waals surface area contributed by atoms with Crippen molar-refractivity contribution in [2.75, 3.05) is 16.4 Å². The lowest BCUT2D eigenvalue weighted by molar-refractivity contribution is 0.303. The molecule has 3 aromatic carbocycles. The van der Waals surface area contributed by atoms with E-state index in [1.807, 2.05) is 13.8 Å². The number of ether oxygens (including phenoxy) is 1. The van der Waals surface area contributed by atoms with Crippen molar-refractivity contribution in [3.05, 3.63) is 94.0 Å². The quantitative estimate of drug-likeness (QED) is 0.378. The molecule has 2 heterocycles. The van der Waals surface area contributed by atoms with Crippen molar-refractivity contribution >= 4 is 21.2 Å². The number of phenolic OH excluding ortho intramolecular Hbond substituents is 1. The van der Waals surface area contributed by atoms with E-state index in [1.54, 1.807) is 30.3 Å². The highest BCUT2D eigenvalue weighted by Crippen LogP contribution is 2.48. The molecule has 1 atom stereocenters. The van der Waals surface area contributed by atoms with Crippen molar-refractivity contribution in [3.8, 4) is 11.5 Å². The predicted octanol–water partition coefficient (Wildman–Crippen LogP) is 5.88. The normalized spacial score (nSPS) is 19.8. The van der Waals surface area contributed by atoms with Crippen LogP contribution in [0.15, 0.2) is 71.3 Å². The highest BCUT2D eigenvalue weighted by Gasteiger charge is 2.43. The van der Waals surface area contributed by atoms with Gasteiger partial charge in [0.25, 0.3) is 0 Å². The second kappa shape index (κ2) is 8.81. The van der Waals surface area contributed by atoms with Gasteiger partial charge in [-0.3, -0.25) is 0 Å². The first-order valence-corrected chi connectivity index (χ1v) is 13.2. The molecule has 0 bridgehead atoms. The van der Waals surface area contributed by atoms with Gasteiger partial charge in [-0.15, -0.1) is 0 Å². The zero-order valence-electron chi connectivity index (χ0n) is 19.8. The fraction of sp³-hybridized carbons (Fsp3) is 0.259. The Morgan fingerprint density at radius 2 is 1.86 bits per heavy atom. The first-order chi connectivity index (χ1) is 17.0. The van der Waals surface area contributed by atoms with E-state index in [9.17, 15) is 17.9 Å². The number of hydrogen-bond acceptors (Lipinski definition) is 6. The minimum atomic E-state index is -3.78. The first-order valence-electron chi connectivity index (χ1n) is 11.5. The molecule has 2 aliphatic rings. The molecule has 0 saturated heterocycles. The Hall–Kier alpha value is -3.59. The third-order valence-electron chi connectivity index (χ3n) is 6.33. The van der Waals surface area contributed by atoms with Gasteiger partial charge in [0.05, 0.1) is 22.4 Å². The number of benzene rings is 3. The maximum absolute atomic E-state index is 15.5. The highest BCUT2D eigenvalue weighted by molar-refractivity contribution is 7.95. The molecule has 0 radical (unpaired) electrons. The van der Waals surface area contributed by atoms with E-state index in [0.717, 1.165) is 0 Å². The molecular formula is C27H26F2N2O4S. The number of phenols is 1. The molecular weight excluding hydrogens is 486 g/mol. The van der Waals surface area contributed by atoms with Crippen molar-refractivity contribution in [1.29, 1.82) is 0 Å². The van der Waals surface area contributed by atoms with E-state index in [0.29, 0.717) is 29.1 Å². The van der Waals surface area contributed by atoms with E-state index in [-0.39, 0.29) is 34.3 Å². The Bertz CT molecular complexity index is 1480. The number of allylic oxidation sites excluding steroid dienone is 1. The van der Waals surface area contributed by atoms with Gasteiger partial charge >= 0.3 is 0 Å². The fourth-order valence-electron chi connectivity index (χ4n) is 4.86. The first kappa shape index (κ1) is 24.1. The Morgan fingerprint density at radius 3 is 2.61 bits per heavy atom. The van der Waals surface area contributed by atoms with Gasteiger partial charge in [-0.1, -0.05) is 32.0 Å². The maximum Gasteiger partial charge on any atom is 0.179 e.